The molecule has 0 saturated carbocycles. The zero-order valence-corrected chi connectivity index (χ0v) is 11.9. The van der Waals surface area contributed by atoms with E-state index in [1.165, 1.54) is 18.2 Å². The van der Waals surface area contributed by atoms with Gasteiger partial charge in [-0.05, 0) is 51.7 Å². The fraction of sp³-hybridized carbons (Fsp3) is 0.143. The van der Waals surface area contributed by atoms with E-state index in [1.807, 2.05) is 0 Å². The van der Waals surface area contributed by atoms with E-state index < -0.39 is 17.7 Å². The van der Waals surface area contributed by atoms with Gasteiger partial charge < -0.3 is 0 Å². The Labute approximate surface area is 122 Å². The van der Waals surface area contributed by atoms with E-state index in [-0.39, 0.29) is 10.3 Å². The van der Waals surface area contributed by atoms with Gasteiger partial charge in [0.25, 0.3) is 0 Å². The zero-order chi connectivity index (χ0) is 14.7. The van der Waals surface area contributed by atoms with Crippen LogP contribution in [0.1, 0.15) is 17.2 Å². The Morgan fingerprint density at radius 3 is 2.55 bits per heavy atom. The smallest absolute Gasteiger partial charge is 0.173 e. The maximum Gasteiger partial charge on any atom is 0.173 e. The standard InChI is InChI=1S/C14H12BrF3N2/c15-13-10(4-5-11(17)14(13)18)12(20-19)7-8-2-1-3-9(16)6-8/h1-6,12,20H,7,19H2. The van der Waals surface area contributed by atoms with Crippen LogP contribution in [-0.4, -0.2) is 0 Å². The van der Waals surface area contributed by atoms with Crippen LogP contribution in [0.5, 0.6) is 0 Å². The first-order valence-electron chi connectivity index (χ1n) is 5.87. The maximum atomic E-state index is 13.5. The average Bonchev–Trinajstić information content (AvgIpc) is 2.43. The molecule has 2 rings (SSSR count). The summed E-state index contributed by atoms with van der Waals surface area (Å²) in [6.45, 7) is 0. The summed E-state index contributed by atoms with van der Waals surface area (Å²) in [5.41, 5.74) is 3.70. The van der Waals surface area contributed by atoms with E-state index in [4.69, 9.17) is 5.84 Å². The minimum absolute atomic E-state index is 0.0110. The number of halogens is 4. The van der Waals surface area contributed by atoms with E-state index in [0.717, 1.165) is 6.07 Å². The maximum absolute atomic E-state index is 13.5. The van der Waals surface area contributed by atoms with Crippen LogP contribution in [0.4, 0.5) is 13.2 Å². The molecule has 0 spiro atoms. The van der Waals surface area contributed by atoms with Crippen molar-refractivity contribution in [3.63, 3.8) is 0 Å². The number of hydrogen-bond donors (Lipinski definition) is 2. The van der Waals surface area contributed by atoms with E-state index >= 15 is 0 Å². The van der Waals surface area contributed by atoms with Crippen molar-refractivity contribution in [1.82, 2.24) is 5.43 Å². The number of nitrogens with one attached hydrogen (secondary N) is 1. The minimum atomic E-state index is -0.970. The molecular weight excluding hydrogens is 333 g/mol. The summed E-state index contributed by atoms with van der Waals surface area (Å²) in [6.07, 6.45) is 0.345. The van der Waals surface area contributed by atoms with Crippen LogP contribution in [0.25, 0.3) is 0 Å². The molecule has 0 bridgehead atoms. The molecule has 106 valence electrons. The van der Waals surface area contributed by atoms with Crippen LogP contribution in [0.15, 0.2) is 40.9 Å². The third-order valence-electron chi connectivity index (χ3n) is 2.97. The molecule has 0 heterocycles. The summed E-state index contributed by atoms with van der Waals surface area (Å²) in [4.78, 5) is 0. The number of hydrogen-bond acceptors (Lipinski definition) is 2. The van der Waals surface area contributed by atoms with Crippen molar-refractivity contribution >= 4 is 15.9 Å². The zero-order valence-electron chi connectivity index (χ0n) is 10.3. The number of rotatable bonds is 4. The van der Waals surface area contributed by atoms with Crippen LogP contribution in [0.3, 0.4) is 0 Å². The summed E-state index contributed by atoms with van der Waals surface area (Å²) >= 11 is 3.02. The topological polar surface area (TPSA) is 38.0 Å². The van der Waals surface area contributed by atoms with Crippen molar-refractivity contribution in [3.05, 3.63) is 69.4 Å². The van der Waals surface area contributed by atoms with Gasteiger partial charge in [0, 0.05) is 0 Å². The fourth-order valence-corrected chi connectivity index (χ4v) is 2.57. The normalized spacial score (nSPS) is 12.4. The molecule has 20 heavy (non-hydrogen) atoms. The van der Waals surface area contributed by atoms with Crippen LogP contribution >= 0.6 is 15.9 Å². The number of hydrazine groups is 1. The van der Waals surface area contributed by atoms with Crippen molar-refractivity contribution in [2.45, 2.75) is 12.5 Å². The lowest BCUT2D eigenvalue weighted by Gasteiger charge is -2.18. The van der Waals surface area contributed by atoms with Gasteiger partial charge in [0.1, 0.15) is 5.82 Å². The van der Waals surface area contributed by atoms with Gasteiger partial charge in [-0.15, -0.1) is 0 Å². The monoisotopic (exact) mass is 344 g/mol. The lowest BCUT2D eigenvalue weighted by Crippen LogP contribution is -2.30. The second-order valence-corrected chi connectivity index (χ2v) is 5.11. The van der Waals surface area contributed by atoms with Gasteiger partial charge in [0.05, 0.1) is 10.5 Å². The lowest BCUT2D eigenvalue weighted by atomic mass is 9.99. The first kappa shape index (κ1) is 15.0. The molecular formula is C14H12BrF3N2. The average molecular weight is 345 g/mol. The Morgan fingerprint density at radius 1 is 1.15 bits per heavy atom. The molecule has 2 aromatic carbocycles. The van der Waals surface area contributed by atoms with Gasteiger partial charge in [-0.25, -0.2) is 13.2 Å². The molecule has 0 amide bonds. The highest BCUT2D eigenvalue weighted by molar-refractivity contribution is 9.10. The highest BCUT2D eigenvalue weighted by Gasteiger charge is 2.18. The first-order valence-corrected chi connectivity index (χ1v) is 6.66. The van der Waals surface area contributed by atoms with Crippen LogP contribution in [0, 0.1) is 17.5 Å². The predicted molar refractivity (Wildman–Crippen MR) is 74.2 cm³/mol. The summed E-state index contributed by atoms with van der Waals surface area (Å²) in [6, 6.07) is 8.03. The SMILES string of the molecule is NNC(Cc1cccc(F)c1)c1ccc(F)c(F)c1Br. The van der Waals surface area contributed by atoms with Crippen molar-refractivity contribution in [1.29, 1.82) is 0 Å². The van der Waals surface area contributed by atoms with Gasteiger partial charge in [-0.1, -0.05) is 18.2 Å². The third kappa shape index (κ3) is 3.20. The highest BCUT2D eigenvalue weighted by Crippen LogP contribution is 2.29. The number of nitrogens with two attached hydrogens (primary N) is 1. The van der Waals surface area contributed by atoms with E-state index in [0.29, 0.717) is 17.5 Å². The summed E-state index contributed by atoms with van der Waals surface area (Å²) in [5.74, 6) is 3.20. The van der Waals surface area contributed by atoms with Crippen LogP contribution in [0.2, 0.25) is 0 Å². The summed E-state index contributed by atoms with van der Waals surface area (Å²) in [7, 11) is 0. The Hall–Kier alpha value is -1.37. The Morgan fingerprint density at radius 2 is 1.90 bits per heavy atom. The van der Waals surface area contributed by atoms with Crippen molar-refractivity contribution in [2.24, 2.45) is 5.84 Å². The summed E-state index contributed by atoms with van der Waals surface area (Å²) in [5, 5.41) is 0. The fourth-order valence-electron chi connectivity index (χ4n) is 1.97. The lowest BCUT2D eigenvalue weighted by molar-refractivity contribution is 0.491. The molecule has 6 heteroatoms. The van der Waals surface area contributed by atoms with Crippen molar-refractivity contribution in [3.8, 4) is 0 Å². The molecule has 0 fully saturated rings. The van der Waals surface area contributed by atoms with E-state index in [9.17, 15) is 13.2 Å². The largest absolute Gasteiger partial charge is 0.271 e. The first-order chi connectivity index (χ1) is 9.52. The molecule has 1 unspecified atom stereocenters. The third-order valence-corrected chi connectivity index (χ3v) is 3.78. The summed E-state index contributed by atoms with van der Waals surface area (Å²) < 4.78 is 39.8. The van der Waals surface area contributed by atoms with Gasteiger partial charge in [-0.3, -0.25) is 11.3 Å². The van der Waals surface area contributed by atoms with Crippen molar-refractivity contribution < 1.29 is 13.2 Å². The second kappa shape index (κ2) is 6.39. The Balaban J connectivity index is 2.31. The molecule has 0 saturated heterocycles. The molecule has 0 aliphatic heterocycles. The molecule has 0 aromatic heterocycles. The molecule has 3 N–H and O–H groups in total. The highest BCUT2D eigenvalue weighted by atomic mass is 79.9. The number of benzene rings is 2. The van der Waals surface area contributed by atoms with Gasteiger partial charge in [-0.2, -0.15) is 0 Å². The quantitative estimate of drug-likeness (QED) is 0.505. The molecule has 0 aliphatic rings. The van der Waals surface area contributed by atoms with Gasteiger partial charge >= 0.3 is 0 Å². The molecule has 1 atom stereocenters. The van der Waals surface area contributed by atoms with Gasteiger partial charge in [0.15, 0.2) is 11.6 Å². The van der Waals surface area contributed by atoms with Crippen LogP contribution in [-0.2, 0) is 6.42 Å². The molecule has 0 radical (unpaired) electrons. The Bertz CT molecular complexity index is 619. The Kier molecular flexibility index (Phi) is 4.80. The van der Waals surface area contributed by atoms with Gasteiger partial charge in [0.2, 0.25) is 0 Å². The molecule has 0 aliphatic carbocycles. The minimum Gasteiger partial charge on any atom is -0.271 e. The molecule has 2 nitrogen and oxygen atoms in total. The van der Waals surface area contributed by atoms with Crippen molar-refractivity contribution in [2.75, 3.05) is 0 Å². The van der Waals surface area contributed by atoms with Crippen LogP contribution < -0.4 is 11.3 Å². The van der Waals surface area contributed by atoms with E-state index in [1.54, 1.807) is 12.1 Å². The predicted octanol–water partition coefficient (Wildman–Crippen LogP) is 3.61. The molecule has 2 aromatic rings. The van der Waals surface area contributed by atoms with E-state index in [2.05, 4.69) is 21.4 Å². The second-order valence-electron chi connectivity index (χ2n) is 4.32.